The van der Waals surface area contributed by atoms with Gasteiger partial charge in [-0.2, -0.15) is 0 Å². The van der Waals surface area contributed by atoms with E-state index in [0.717, 1.165) is 19.0 Å². The third-order valence-corrected chi connectivity index (χ3v) is 3.39. The summed E-state index contributed by atoms with van der Waals surface area (Å²) in [6.07, 6.45) is 3.77. The molecule has 0 aromatic heterocycles. The molecule has 0 saturated heterocycles. The summed E-state index contributed by atoms with van der Waals surface area (Å²) < 4.78 is 0. The molecular weight excluding hydrogens is 172 g/mol. The van der Waals surface area contributed by atoms with Crippen LogP contribution >= 0.6 is 0 Å². The van der Waals surface area contributed by atoms with E-state index >= 15 is 0 Å². The van der Waals surface area contributed by atoms with Crippen LogP contribution in [0.5, 0.6) is 0 Å². The number of nitrogens with one attached hydrogen (secondary N) is 2. The van der Waals surface area contributed by atoms with Gasteiger partial charge in [-0.05, 0) is 45.2 Å². The van der Waals surface area contributed by atoms with Crippen molar-refractivity contribution in [3.8, 4) is 0 Å². The Morgan fingerprint density at radius 1 is 1.21 bits per heavy atom. The second-order valence-corrected chi connectivity index (χ2v) is 4.96. The van der Waals surface area contributed by atoms with E-state index < -0.39 is 0 Å². The van der Waals surface area contributed by atoms with Crippen molar-refractivity contribution in [2.45, 2.75) is 58.5 Å². The topological polar surface area (TPSA) is 24.1 Å². The Morgan fingerprint density at radius 3 is 2.36 bits per heavy atom. The zero-order chi connectivity index (χ0) is 10.6. The van der Waals surface area contributed by atoms with Crippen molar-refractivity contribution in [2.24, 2.45) is 5.92 Å². The number of rotatable bonds is 6. The van der Waals surface area contributed by atoms with E-state index in [-0.39, 0.29) is 0 Å². The summed E-state index contributed by atoms with van der Waals surface area (Å²) in [5, 5.41) is 7.33. The fourth-order valence-electron chi connectivity index (χ4n) is 2.70. The molecule has 0 bridgehead atoms. The molecule has 3 atom stereocenters. The first-order chi connectivity index (χ1) is 6.64. The molecule has 1 unspecified atom stereocenters. The lowest BCUT2D eigenvalue weighted by Gasteiger charge is -2.53. The molecule has 2 nitrogen and oxygen atoms in total. The Kier molecular flexibility index (Phi) is 4.39. The Morgan fingerprint density at radius 2 is 1.86 bits per heavy atom. The molecule has 1 saturated carbocycles. The standard InChI is InChI=1S/C12H26N2/c1-5-7-13-11-10(3)9-12(11,4)14-8-6-2/h10-11,13-14H,5-9H2,1-4H3/t10-,11-,12?/m1/s1. The maximum absolute atomic E-state index is 3.67. The Hall–Kier alpha value is -0.0800. The van der Waals surface area contributed by atoms with E-state index in [2.05, 4.69) is 38.3 Å². The van der Waals surface area contributed by atoms with Gasteiger partial charge in [0.2, 0.25) is 0 Å². The quantitative estimate of drug-likeness (QED) is 0.683. The van der Waals surface area contributed by atoms with Gasteiger partial charge in [0, 0.05) is 11.6 Å². The number of hydrogen-bond donors (Lipinski definition) is 2. The summed E-state index contributed by atoms with van der Waals surface area (Å²) in [7, 11) is 0. The van der Waals surface area contributed by atoms with Gasteiger partial charge in [0.1, 0.15) is 0 Å². The molecule has 0 aromatic carbocycles. The van der Waals surface area contributed by atoms with Gasteiger partial charge in [-0.25, -0.2) is 0 Å². The molecule has 14 heavy (non-hydrogen) atoms. The first-order valence-electron chi connectivity index (χ1n) is 6.12. The summed E-state index contributed by atoms with van der Waals surface area (Å²) in [5.41, 5.74) is 0.352. The second kappa shape index (κ2) is 5.13. The van der Waals surface area contributed by atoms with Gasteiger partial charge in [-0.1, -0.05) is 20.8 Å². The van der Waals surface area contributed by atoms with Gasteiger partial charge in [0.25, 0.3) is 0 Å². The van der Waals surface area contributed by atoms with Crippen LogP contribution in [0.1, 0.15) is 47.0 Å². The van der Waals surface area contributed by atoms with E-state index in [9.17, 15) is 0 Å². The highest BCUT2D eigenvalue weighted by molar-refractivity contribution is 5.08. The maximum atomic E-state index is 3.67. The van der Waals surface area contributed by atoms with Crippen LogP contribution in [0, 0.1) is 5.92 Å². The Labute approximate surface area is 88.8 Å². The predicted octanol–water partition coefficient (Wildman–Crippen LogP) is 2.15. The minimum Gasteiger partial charge on any atom is -0.312 e. The van der Waals surface area contributed by atoms with E-state index in [1.807, 2.05) is 0 Å². The average molecular weight is 198 g/mol. The van der Waals surface area contributed by atoms with Gasteiger partial charge in [0.15, 0.2) is 0 Å². The van der Waals surface area contributed by atoms with Crippen LogP contribution in [-0.2, 0) is 0 Å². The lowest BCUT2D eigenvalue weighted by Crippen LogP contribution is -2.69. The first-order valence-corrected chi connectivity index (χ1v) is 6.12. The third kappa shape index (κ3) is 2.48. The van der Waals surface area contributed by atoms with Crippen LogP contribution in [-0.4, -0.2) is 24.7 Å². The summed E-state index contributed by atoms with van der Waals surface area (Å²) in [4.78, 5) is 0. The highest BCUT2D eigenvalue weighted by atomic mass is 15.1. The Bertz CT molecular complexity index is 170. The van der Waals surface area contributed by atoms with Crippen LogP contribution in [0.2, 0.25) is 0 Å². The molecule has 2 heteroatoms. The molecule has 1 aliphatic rings. The first kappa shape index (κ1) is 12.0. The molecule has 2 N–H and O–H groups in total. The Balaban J connectivity index is 2.36. The van der Waals surface area contributed by atoms with Gasteiger partial charge in [-0.3, -0.25) is 0 Å². The minimum atomic E-state index is 0.352. The van der Waals surface area contributed by atoms with Crippen molar-refractivity contribution in [3.05, 3.63) is 0 Å². The molecule has 1 rings (SSSR count). The normalized spacial score (nSPS) is 36.9. The molecule has 84 valence electrons. The molecule has 0 spiro atoms. The fourth-order valence-corrected chi connectivity index (χ4v) is 2.70. The van der Waals surface area contributed by atoms with E-state index in [4.69, 9.17) is 0 Å². The summed E-state index contributed by atoms with van der Waals surface area (Å²) in [6, 6.07) is 0.675. The fraction of sp³-hybridized carbons (Fsp3) is 1.00. The van der Waals surface area contributed by atoms with Crippen LogP contribution in [0.25, 0.3) is 0 Å². The van der Waals surface area contributed by atoms with Crippen molar-refractivity contribution < 1.29 is 0 Å². The molecule has 0 aromatic rings. The monoisotopic (exact) mass is 198 g/mol. The van der Waals surface area contributed by atoms with E-state index in [1.165, 1.54) is 19.3 Å². The molecule has 0 amide bonds. The minimum absolute atomic E-state index is 0.352. The van der Waals surface area contributed by atoms with Crippen LogP contribution in [0.15, 0.2) is 0 Å². The second-order valence-electron chi connectivity index (χ2n) is 4.96. The van der Waals surface area contributed by atoms with Crippen molar-refractivity contribution in [3.63, 3.8) is 0 Å². The summed E-state index contributed by atoms with van der Waals surface area (Å²) >= 11 is 0. The van der Waals surface area contributed by atoms with Crippen molar-refractivity contribution in [1.82, 2.24) is 10.6 Å². The zero-order valence-corrected chi connectivity index (χ0v) is 10.2. The SMILES string of the molecule is CCCN[C@@H]1[C@H](C)CC1(C)NCCC. The largest absolute Gasteiger partial charge is 0.312 e. The van der Waals surface area contributed by atoms with Crippen LogP contribution in [0.3, 0.4) is 0 Å². The van der Waals surface area contributed by atoms with Crippen molar-refractivity contribution in [1.29, 1.82) is 0 Å². The zero-order valence-electron chi connectivity index (χ0n) is 10.2. The lowest BCUT2D eigenvalue weighted by molar-refractivity contribution is 0.0667. The molecule has 1 fully saturated rings. The van der Waals surface area contributed by atoms with Crippen molar-refractivity contribution in [2.75, 3.05) is 13.1 Å². The summed E-state index contributed by atoms with van der Waals surface area (Å²) in [5.74, 6) is 0.830. The highest BCUT2D eigenvalue weighted by Crippen LogP contribution is 2.37. The third-order valence-electron chi connectivity index (χ3n) is 3.39. The van der Waals surface area contributed by atoms with Crippen molar-refractivity contribution >= 4 is 0 Å². The molecule has 1 aliphatic carbocycles. The van der Waals surface area contributed by atoms with Crippen LogP contribution < -0.4 is 10.6 Å². The average Bonchev–Trinajstić information content (AvgIpc) is 2.15. The van der Waals surface area contributed by atoms with Gasteiger partial charge in [0.05, 0.1) is 0 Å². The molecule has 0 radical (unpaired) electrons. The molecule has 0 heterocycles. The van der Waals surface area contributed by atoms with Gasteiger partial charge in [-0.15, -0.1) is 0 Å². The van der Waals surface area contributed by atoms with Gasteiger partial charge >= 0.3 is 0 Å². The molecular formula is C12H26N2. The smallest absolute Gasteiger partial charge is 0.0312 e. The van der Waals surface area contributed by atoms with E-state index in [1.54, 1.807) is 0 Å². The summed E-state index contributed by atoms with van der Waals surface area (Å²) in [6.45, 7) is 11.5. The van der Waals surface area contributed by atoms with Crippen LogP contribution in [0.4, 0.5) is 0 Å². The molecule has 0 aliphatic heterocycles. The number of hydrogen-bond acceptors (Lipinski definition) is 2. The maximum Gasteiger partial charge on any atom is 0.0312 e. The predicted molar refractivity (Wildman–Crippen MR) is 62.6 cm³/mol. The van der Waals surface area contributed by atoms with E-state index in [0.29, 0.717) is 11.6 Å². The highest BCUT2D eigenvalue weighted by Gasteiger charge is 2.47. The van der Waals surface area contributed by atoms with Gasteiger partial charge < -0.3 is 10.6 Å². The lowest BCUT2D eigenvalue weighted by atomic mass is 9.65.